The molecule has 3 aromatic rings. The molecule has 3 rings (SSSR count). The highest BCUT2D eigenvalue weighted by atomic mass is 32.2. The van der Waals surface area contributed by atoms with Crippen molar-refractivity contribution < 1.29 is 23.5 Å². The van der Waals surface area contributed by atoms with E-state index in [0.717, 1.165) is 17.8 Å². The van der Waals surface area contributed by atoms with Gasteiger partial charge in [0.15, 0.2) is 5.82 Å². The number of hydrogen-bond acceptors (Lipinski definition) is 9. The Balaban J connectivity index is 0.00000170. The second-order valence-electron chi connectivity index (χ2n) is 8.45. The molecule has 1 aromatic heterocycles. The molecule has 0 bridgehead atoms. The highest BCUT2D eigenvalue weighted by Crippen LogP contribution is 2.28. The Kier molecular flexibility index (Phi) is 12.3. The van der Waals surface area contributed by atoms with Gasteiger partial charge in [-0.25, -0.2) is 13.9 Å². The van der Waals surface area contributed by atoms with Gasteiger partial charge < -0.3 is 29.4 Å². The largest absolute Gasteiger partial charge is 0.483 e. The number of rotatable bonds is 11. The fourth-order valence-electron chi connectivity index (χ4n) is 3.70. The van der Waals surface area contributed by atoms with Gasteiger partial charge in [-0.2, -0.15) is 0 Å². The average molecular weight is 558 g/mol. The van der Waals surface area contributed by atoms with Gasteiger partial charge in [0.1, 0.15) is 5.58 Å². The number of halogens is 1. The lowest BCUT2D eigenvalue weighted by atomic mass is 9.97. The van der Waals surface area contributed by atoms with Gasteiger partial charge in [-0.3, -0.25) is 9.59 Å². The quantitative estimate of drug-likeness (QED) is 0.121. The van der Waals surface area contributed by atoms with Crippen LogP contribution in [0.4, 0.5) is 15.8 Å². The zero-order valence-electron chi connectivity index (χ0n) is 22.2. The van der Waals surface area contributed by atoms with Crippen LogP contribution in [0.3, 0.4) is 0 Å². The van der Waals surface area contributed by atoms with E-state index in [1.165, 1.54) is 4.90 Å². The molecule has 0 atom stereocenters. The minimum Gasteiger partial charge on any atom is -0.483 e. The Bertz CT molecular complexity index is 1390. The first-order valence-electron chi connectivity index (χ1n) is 11.8. The molecule has 12 heteroatoms. The van der Waals surface area contributed by atoms with E-state index in [-0.39, 0.29) is 38.4 Å². The molecule has 0 radical (unpaired) electrons. The zero-order valence-corrected chi connectivity index (χ0v) is 23.0. The van der Waals surface area contributed by atoms with Crippen LogP contribution in [0, 0.1) is 18.2 Å². The van der Waals surface area contributed by atoms with Crippen LogP contribution in [0.25, 0.3) is 11.0 Å². The maximum atomic E-state index is 15.2. The van der Waals surface area contributed by atoms with E-state index in [1.54, 1.807) is 38.4 Å². The molecule has 0 fully saturated rings. The minimum atomic E-state index is -0.548. The van der Waals surface area contributed by atoms with E-state index in [4.69, 9.17) is 20.7 Å². The van der Waals surface area contributed by atoms with E-state index in [1.807, 2.05) is 31.1 Å². The number of terminal acetylenes is 1. The molecule has 0 aliphatic heterocycles. The summed E-state index contributed by atoms with van der Waals surface area (Å²) in [6.07, 6.45) is 5.32. The summed E-state index contributed by atoms with van der Waals surface area (Å²) in [6, 6.07) is 10.6. The number of carbonyl (C=O) groups is 2. The predicted octanol–water partition coefficient (Wildman–Crippen LogP) is 2.67. The highest BCUT2D eigenvalue weighted by Gasteiger charge is 2.19. The zero-order chi connectivity index (χ0) is 28.9. The summed E-state index contributed by atoms with van der Waals surface area (Å²) in [7, 11) is 7.13. The molecule has 0 spiro atoms. The number of fused-ring (bicyclic) bond motifs is 1. The molecular weight excluding hydrogens is 525 g/mol. The maximum Gasteiger partial charge on any atom is 0.340 e. The van der Waals surface area contributed by atoms with Gasteiger partial charge in [0.25, 0.3) is 6.47 Å². The molecule has 1 amide bonds. The van der Waals surface area contributed by atoms with Crippen molar-refractivity contribution in [1.82, 2.24) is 14.9 Å². The Morgan fingerprint density at radius 3 is 2.59 bits per heavy atom. The van der Waals surface area contributed by atoms with Crippen molar-refractivity contribution in [1.29, 1.82) is 0 Å². The predicted molar refractivity (Wildman–Crippen MR) is 153 cm³/mol. The molecular formula is C27H32FN5O5S. The summed E-state index contributed by atoms with van der Waals surface area (Å²) < 4.78 is 26.6. The van der Waals surface area contributed by atoms with Crippen molar-refractivity contribution in [2.75, 3.05) is 50.9 Å². The van der Waals surface area contributed by atoms with E-state index in [2.05, 4.69) is 20.7 Å². The van der Waals surface area contributed by atoms with Crippen LogP contribution in [0.1, 0.15) is 16.7 Å². The van der Waals surface area contributed by atoms with Crippen LogP contribution >= 0.6 is 12.1 Å². The second-order valence-corrected chi connectivity index (χ2v) is 9.26. The van der Waals surface area contributed by atoms with Crippen molar-refractivity contribution in [2.45, 2.75) is 13.0 Å². The smallest absolute Gasteiger partial charge is 0.340 e. The van der Waals surface area contributed by atoms with Gasteiger partial charge in [0.2, 0.25) is 5.91 Å². The summed E-state index contributed by atoms with van der Waals surface area (Å²) in [6.45, 7) is 0.195. The number of carbonyl (C=O) groups excluding carboxylic acids is 1. The molecule has 0 unspecified atom stereocenters. The number of benzene rings is 2. The molecule has 208 valence electrons. The molecule has 4 N–H and O–H groups in total. The maximum absolute atomic E-state index is 15.2. The summed E-state index contributed by atoms with van der Waals surface area (Å²) in [4.78, 5) is 37.2. The fourth-order valence-corrected chi connectivity index (χ4v) is 4.07. The van der Waals surface area contributed by atoms with E-state index in [0.29, 0.717) is 33.3 Å². The van der Waals surface area contributed by atoms with Gasteiger partial charge in [-0.15, -0.1) is 6.42 Å². The first-order chi connectivity index (χ1) is 18.7. The lowest BCUT2D eigenvalue weighted by molar-refractivity contribution is -0.128. The third-order valence-corrected chi connectivity index (χ3v) is 6.19. The van der Waals surface area contributed by atoms with Gasteiger partial charge in [-0.1, -0.05) is 18.1 Å². The highest BCUT2D eigenvalue weighted by molar-refractivity contribution is 7.98. The molecule has 0 saturated heterocycles. The first kappa shape index (κ1) is 31.2. The summed E-state index contributed by atoms with van der Waals surface area (Å²) >= 11 is 1.14. The first-order valence-corrected chi connectivity index (χ1v) is 12.6. The molecule has 0 aliphatic rings. The number of anilines is 2. The van der Waals surface area contributed by atoms with Crippen LogP contribution in [-0.2, 0) is 22.6 Å². The standard InChI is InChI=1S/C26H30FN5O3S.CH2O2/c1-6-12-32(5)24(33)16-29-15-21-19-11-10-18(31(3)4)14-23(19)35-26(34)20(21)13-17-8-7-9-22(25(17)27)30-36-28-2;2-1-3/h1,7-11,14,28-30H,12-13,15-16H2,2-5H3;1H,(H,2,3). The van der Waals surface area contributed by atoms with E-state index in [9.17, 15) is 9.59 Å². The SMILES string of the molecule is C#CCN(C)C(=O)CNCc1c(Cc2cccc(NSNC)c2F)c(=O)oc2cc(N(C)C)ccc12.O=CO. The Hall–Kier alpha value is -4.05. The summed E-state index contributed by atoms with van der Waals surface area (Å²) in [5.74, 6) is 1.81. The fraction of sp³-hybridized carbons (Fsp3) is 0.296. The molecule has 1 heterocycles. The minimum absolute atomic E-state index is 0.0290. The van der Waals surface area contributed by atoms with Crippen molar-refractivity contribution in [3.63, 3.8) is 0 Å². The normalized spacial score (nSPS) is 10.3. The lowest BCUT2D eigenvalue weighted by Gasteiger charge is -2.17. The number of likely N-dealkylation sites (N-methyl/N-ethyl adjacent to an activating group) is 1. The number of nitrogens with one attached hydrogen (secondary N) is 3. The topological polar surface area (TPSA) is 127 Å². The van der Waals surface area contributed by atoms with Crippen LogP contribution in [0.15, 0.2) is 45.6 Å². The second kappa shape index (κ2) is 15.4. The van der Waals surface area contributed by atoms with Gasteiger partial charge in [0, 0.05) is 68.9 Å². The number of hydrogen-bond donors (Lipinski definition) is 4. The van der Waals surface area contributed by atoms with E-state index >= 15 is 4.39 Å². The Labute approximate surface area is 230 Å². The number of amides is 1. The lowest BCUT2D eigenvalue weighted by Crippen LogP contribution is -2.35. The van der Waals surface area contributed by atoms with Crippen molar-refractivity contribution in [2.24, 2.45) is 0 Å². The number of nitrogens with zero attached hydrogens (tertiary/aromatic N) is 2. The van der Waals surface area contributed by atoms with Crippen molar-refractivity contribution >= 4 is 46.9 Å². The average Bonchev–Trinajstić information content (AvgIpc) is 2.90. The molecule has 0 saturated carbocycles. The molecule has 10 nitrogen and oxygen atoms in total. The van der Waals surface area contributed by atoms with Crippen LogP contribution < -0.4 is 25.3 Å². The van der Waals surface area contributed by atoms with Crippen LogP contribution in [0.2, 0.25) is 0 Å². The third kappa shape index (κ3) is 8.47. The van der Waals surface area contributed by atoms with Gasteiger partial charge in [0.05, 0.1) is 18.8 Å². The van der Waals surface area contributed by atoms with Crippen molar-refractivity contribution in [3.8, 4) is 12.3 Å². The third-order valence-electron chi connectivity index (χ3n) is 5.66. The summed E-state index contributed by atoms with van der Waals surface area (Å²) in [5, 5.41) is 10.7. The molecule has 39 heavy (non-hydrogen) atoms. The Morgan fingerprint density at radius 1 is 1.23 bits per heavy atom. The number of carboxylic acid groups (broad SMARTS) is 1. The van der Waals surface area contributed by atoms with Gasteiger partial charge >= 0.3 is 5.63 Å². The van der Waals surface area contributed by atoms with Gasteiger partial charge in [-0.05, 0) is 36.4 Å². The molecule has 0 aliphatic carbocycles. The Morgan fingerprint density at radius 2 is 1.95 bits per heavy atom. The molecule has 2 aromatic carbocycles. The van der Waals surface area contributed by atoms with Crippen molar-refractivity contribution in [3.05, 3.63) is 69.3 Å². The van der Waals surface area contributed by atoms with Crippen LogP contribution in [-0.4, -0.2) is 63.7 Å². The monoisotopic (exact) mass is 557 g/mol. The summed E-state index contributed by atoms with van der Waals surface area (Å²) in [5.41, 5.74) is 2.37. The van der Waals surface area contributed by atoms with Crippen LogP contribution in [0.5, 0.6) is 0 Å². The van der Waals surface area contributed by atoms with E-state index < -0.39 is 11.4 Å².